The van der Waals surface area contributed by atoms with Gasteiger partial charge >= 0.3 is 0 Å². The standard InChI is InChI=1S/C17H16ClN3O2/c18-13-5-3-12(4-6-13)16-10-19-17(23-16)11-21-8-1-2-15(21)14-7-9-22-20-14/h3-7,9-10,15H,1-2,8,11H2/t15-/m0/s1. The van der Waals surface area contributed by atoms with Crippen molar-refractivity contribution in [1.29, 1.82) is 0 Å². The van der Waals surface area contributed by atoms with E-state index in [0.29, 0.717) is 17.5 Å². The van der Waals surface area contributed by atoms with E-state index in [1.807, 2.05) is 30.3 Å². The third-order valence-electron chi connectivity index (χ3n) is 4.18. The van der Waals surface area contributed by atoms with Gasteiger partial charge in [-0.15, -0.1) is 0 Å². The van der Waals surface area contributed by atoms with Crippen LogP contribution in [-0.4, -0.2) is 21.6 Å². The van der Waals surface area contributed by atoms with Gasteiger partial charge in [0, 0.05) is 16.7 Å². The van der Waals surface area contributed by atoms with E-state index in [0.717, 1.165) is 36.4 Å². The van der Waals surface area contributed by atoms with Crippen LogP contribution in [-0.2, 0) is 6.54 Å². The van der Waals surface area contributed by atoms with Crippen molar-refractivity contribution in [2.75, 3.05) is 6.54 Å². The van der Waals surface area contributed by atoms with E-state index >= 15 is 0 Å². The van der Waals surface area contributed by atoms with Crippen molar-refractivity contribution in [3.8, 4) is 11.3 Å². The lowest BCUT2D eigenvalue weighted by Gasteiger charge is -2.20. The van der Waals surface area contributed by atoms with Crippen molar-refractivity contribution in [2.45, 2.75) is 25.4 Å². The molecular formula is C17H16ClN3O2. The third kappa shape index (κ3) is 3.02. The van der Waals surface area contributed by atoms with E-state index in [1.54, 1.807) is 12.5 Å². The molecule has 3 heterocycles. The largest absolute Gasteiger partial charge is 0.439 e. The SMILES string of the molecule is Clc1ccc(-c2cnc(CN3CCC[C@H]3c3ccon3)o2)cc1. The van der Waals surface area contributed by atoms with E-state index in [4.69, 9.17) is 20.5 Å². The first-order valence-corrected chi connectivity index (χ1v) is 8.02. The fourth-order valence-electron chi connectivity index (χ4n) is 3.05. The number of oxazole rings is 1. The van der Waals surface area contributed by atoms with Gasteiger partial charge in [0.15, 0.2) is 5.76 Å². The second-order valence-corrected chi connectivity index (χ2v) is 6.11. The highest BCUT2D eigenvalue weighted by molar-refractivity contribution is 6.30. The van der Waals surface area contributed by atoms with E-state index in [2.05, 4.69) is 15.0 Å². The monoisotopic (exact) mass is 329 g/mol. The lowest BCUT2D eigenvalue weighted by Crippen LogP contribution is -2.23. The molecule has 0 aliphatic carbocycles. The predicted octanol–water partition coefficient (Wildman–Crippen LogP) is 4.32. The molecule has 1 atom stereocenters. The van der Waals surface area contributed by atoms with Gasteiger partial charge in [0.25, 0.3) is 0 Å². The second kappa shape index (κ2) is 6.18. The molecule has 0 spiro atoms. The molecule has 4 rings (SSSR count). The molecule has 0 amide bonds. The molecular weight excluding hydrogens is 314 g/mol. The van der Waals surface area contributed by atoms with Crippen LogP contribution in [0.1, 0.15) is 30.5 Å². The van der Waals surface area contributed by atoms with E-state index in [-0.39, 0.29) is 6.04 Å². The van der Waals surface area contributed by atoms with Crippen LogP contribution in [0.15, 0.2) is 51.7 Å². The predicted molar refractivity (Wildman–Crippen MR) is 85.8 cm³/mol. The van der Waals surface area contributed by atoms with Crippen LogP contribution in [0.5, 0.6) is 0 Å². The quantitative estimate of drug-likeness (QED) is 0.713. The number of aromatic nitrogens is 2. The summed E-state index contributed by atoms with van der Waals surface area (Å²) in [4.78, 5) is 6.74. The average Bonchev–Trinajstić information content (AvgIpc) is 3.29. The Bertz CT molecular complexity index is 768. The molecule has 6 heteroatoms. The number of halogens is 1. The summed E-state index contributed by atoms with van der Waals surface area (Å²) in [7, 11) is 0. The maximum Gasteiger partial charge on any atom is 0.209 e. The highest BCUT2D eigenvalue weighted by Gasteiger charge is 2.29. The van der Waals surface area contributed by atoms with Crippen molar-refractivity contribution < 1.29 is 8.94 Å². The van der Waals surface area contributed by atoms with Gasteiger partial charge in [-0.05, 0) is 43.7 Å². The molecule has 1 aliphatic heterocycles. The highest BCUT2D eigenvalue weighted by atomic mass is 35.5. The zero-order valence-corrected chi connectivity index (χ0v) is 13.2. The molecule has 3 aromatic rings. The Morgan fingerprint density at radius 1 is 1.22 bits per heavy atom. The molecule has 0 saturated carbocycles. The first-order valence-electron chi connectivity index (χ1n) is 7.64. The summed E-state index contributed by atoms with van der Waals surface area (Å²) in [5.41, 5.74) is 1.95. The van der Waals surface area contributed by atoms with Gasteiger partial charge < -0.3 is 8.94 Å². The van der Waals surface area contributed by atoms with Gasteiger partial charge in [-0.3, -0.25) is 4.90 Å². The van der Waals surface area contributed by atoms with Gasteiger partial charge in [0.05, 0.1) is 18.8 Å². The number of benzene rings is 1. The molecule has 118 valence electrons. The van der Waals surface area contributed by atoms with E-state index in [1.165, 1.54) is 0 Å². The normalized spacial score (nSPS) is 18.6. The summed E-state index contributed by atoms with van der Waals surface area (Å²) < 4.78 is 10.9. The number of likely N-dealkylation sites (tertiary alicyclic amines) is 1. The first kappa shape index (κ1) is 14.5. The Balaban J connectivity index is 1.50. The van der Waals surface area contributed by atoms with Gasteiger partial charge in [-0.2, -0.15) is 0 Å². The van der Waals surface area contributed by atoms with Crippen molar-refractivity contribution in [1.82, 2.24) is 15.0 Å². The number of hydrogen-bond acceptors (Lipinski definition) is 5. The first-order chi connectivity index (χ1) is 11.3. The third-order valence-corrected chi connectivity index (χ3v) is 4.44. The highest BCUT2D eigenvalue weighted by Crippen LogP contribution is 2.32. The molecule has 23 heavy (non-hydrogen) atoms. The summed E-state index contributed by atoms with van der Waals surface area (Å²) in [6.45, 7) is 1.68. The molecule has 0 radical (unpaired) electrons. The van der Waals surface area contributed by atoms with Gasteiger partial charge in [0.1, 0.15) is 12.0 Å². The smallest absolute Gasteiger partial charge is 0.209 e. The summed E-state index contributed by atoms with van der Waals surface area (Å²) in [5.74, 6) is 1.47. The zero-order valence-electron chi connectivity index (χ0n) is 12.5. The van der Waals surface area contributed by atoms with Crippen molar-refractivity contribution in [3.05, 3.63) is 59.4 Å². The average molecular weight is 330 g/mol. The number of rotatable bonds is 4. The van der Waals surface area contributed by atoms with Gasteiger partial charge in [0.2, 0.25) is 5.89 Å². The van der Waals surface area contributed by atoms with Crippen molar-refractivity contribution in [3.63, 3.8) is 0 Å². The summed E-state index contributed by atoms with van der Waals surface area (Å²) in [6, 6.07) is 9.76. The van der Waals surface area contributed by atoms with Crippen molar-refractivity contribution in [2.24, 2.45) is 0 Å². The Kier molecular flexibility index (Phi) is 3.89. The molecule has 0 bridgehead atoms. The van der Waals surface area contributed by atoms with Crippen LogP contribution in [0, 0.1) is 0 Å². The van der Waals surface area contributed by atoms with Crippen LogP contribution < -0.4 is 0 Å². The maximum atomic E-state index is 5.92. The molecule has 0 unspecified atom stereocenters. The topological polar surface area (TPSA) is 55.3 Å². The lowest BCUT2D eigenvalue weighted by molar-refractivity contribution is 0.215. The fraction of sp³-hybridized carbons (Fsp3) is 0.294. The Labute approximate surface area is 138 Å². The van der Waals surface area contributed by atoms with Gasteiger partial charge in [-0.1, -0.05) is 16.8 Å². The minimum Gasteiger partial charge on any atom is -0.439 e. The Hall–Kier alpha value is -2.11. The molecule has 1 fully saturated rings. The minimum absolute atomic E-state index is 0.277. The second-order valence-electron chi connectivity index (χ2n) is 5.68. The minimum atomic E-state index is 0.277. The van der Waals surface area contributed by atoms with Crippen molar-refractivity contribution >= 4 is 11.6 Å². The molecule has 5 nitrogen and oxygen atoms in total. The summed E-state index contributed by atoms with van der Waals surface area (Å²) in [5, 5.41) is 4.78. The van der Waals surface area contributed by atoms with Crippen LogP contribution in [0.4, 0.5) is 0 Å². The van der Waals surface area contributed by atoms with Gasteiger partial charge in [-0.25, -0.2) is 4.98 Å². The summed E-state index contributed by atoms with van der Waals surface area (Å²) >= 11 is 5.92. The Morgan fingerprint density at radius 2 is 2.09 bits per heavy atom. The molecule has 1 saturated heterocycles. The lowest BCUT2D eigenvalue weighted by atomic mass is 10.1. The number of nitrogens with zero attached hydrogens (tertiary/aromatic N) is 3. The zero-order chi connectivity index (χ0) is 15.6. The van der Waals surface area contributed by atoms with Crippen LogP contribution >= 0.6 is 11.6 Å². The number of hydrogen-bond donors (Lipinski definition) is 0. The van der Waals surface area contributed by atoms with Crippen LogP contribution in [0.2, 0.25) is 5.02 Å². The van der Waals surface area contributed by atoms with E-state index in [9.17, 15) is 0 Å². The maximum absolute atomic E-state index is 5.92. The van der Waals surface area contributed by atoms with Crippen LogP contribution in [0.3, 0.4) is 0 Å². The summed E-state index contributed by atoms with van der Waals surface area (Å²) in [6.07, 6.45) is 5.61. The molecule has 1 aromatic carbocycles. The van der Waals surface area contributed by atoms with E-state index < -0.39 is 0 Å². The van der Waals surface area contributed by atoms with Crippen LogP contribution in [0.25, 0.3) is 11.3 Å². The molecule has 1 aliphatic rings. The Morgan fingerprint density at radius 3 is 2.87 bits per heavy atom. The molecule has 0 N–H and O–H groups in total. The fourth-order valence-corrected chi connectivity index (χ4v) is 3.17. The molecule has 2 aromatic heterocycles.